The molecule has 1 atom stereocenters. The molecule has 4 aromatic rings. The largest absolute Gasteiger partial charge is 0.371 e. The van der Waals surface area contributed by atoms with Crippen molar-refractivity contribution in [3.05, 3.63) is 95.4 Å². The molecular formula is C27H22FN5O2. The van der Waals surface area contributed by atoms with Crippen LogP contribution in [0.2, 0.25) is 0 Å². The van der Waals surface area contributed by atoms with Crippen LogP contribution in [-0.2, 0) is 4.79 Å². The second-order valence-electron chi connectivity index (χ2n) is 8.69. The predicted molar refractivity (Wildman–Crippen MR) is 134 cm³/mol. The fraction of sp³-hybridized carbons (Fsp3) is 0.148. The lowest BCUT2D eigenvalue weighted by molar-refractivity contribution is -0.120. The number of para-hydroxylation sites is 2. The van der Waals surface area contributed by atoms with Gasteiger partial charge in [0.05, 0.1) is 17.1 Å². The summed E-state index contributed by atoms with van der Waals surface area (Å²) in [6.07, 6.45) is -1.22. The molecule has 2 aliphatic rings. The number of amides is 2. The smallest absolute Gasteiger partial charge is 0.272 e. The maximum absolute atomic E-state index is 15.0. The van der Waals surface area contributed by atoms with Gasteiger partial charge < -0.3 is 20.1 Å². The summed E-state index contributed by atoms with van der Waals surface area (Å²) in [5.74, 6) is -1.27. The number of carbonyl (C=O) groups excluding carboxylic acids is 2. The number of anilines is 2. The number of nitrogens with one attached hydrogen (secondary N) is 2. The molecule has 3 aromatic carbocycles. The minimum atomic E-state index is -1.22. The number of benzene rings is 3. The summed E-state index contributed by atoms with van der Waals surface area (Å²) >= 11 is 0. The zero-order chi connectivity index (χ0) is 24.1. The highest BCUT2D eigenvalue weighted by molar-refractivity contribution is 6.22. The van der Waals surface area contributed by atoms with E-state index < -0.39 is 17.9 Å². The molecule has 0 spiro atoms. The third-order valence-electron chi connectivity index (χ3n) is 6.54. The van der Waals surface area contributed by atoms with E-state index in [0.29, 0.717) is 35.7 Å². The van der Waals surface area contributed by atoms with Crippen molar-refractivity contribution in [2.75, 3.05) is 29.9 Å². The van der Waals surface area contributed by atoms with Crippen molar-refractivity contribution >= 4 is 39.8 Å². The molecular weight excluding hydrogens is 445 g/mol. The van der Waals surface area contributed by atoms with Gasteiger partial charge in [0, 0.05) is 42.2 Å². The average molecular weight is 468 g/mol. The maximum Gasteiger partial charge on any atom is 0.272 e. The first-order valence-electron chi connectivity index (χ1n) is 11.4. The Labute approximate surface area is 200 Å². The van der Waals surface area contributed by atoms with Gasteiger partial charge in [0.1, 0.15) is 11.5 Å². The fourth-order valence-electron chi connectivity index (χ4n) is 4.78. The third kappa shape index (κ3) is 3.45. The number of hydrogen-bond donors (Lipinski definition) is 2. The molecule has 2 aliphatic heterocycles. The quantitative estimate of drug-likeness (QED) is 0.482. The van der Waals surface area contributed by atoms with E-state index in [2.05, 4.69) is 20.2 Å². The number of nitrogens with zero attached hydrogens (tertiary/aromatic N) is 3. The molecule has 0 aliphatic carbocycles. The molecule has 8 heteroatoms. The van der Waals surface area contributed by atoms with Gasteiger partial charge in [-0.25, -0.2) is 9.38 Å². The van der Waals surface area contributed by atoms with Crippen molar-refractivity contribution < 1.29 is 14.0 Å². The standard InChI is InChI=1S/C27H22FN5O2/c1-32-13-14-33-24-18(9-6-12-22(24)32)23(17-8-3-4-10-19(17)28)30-25(27(33)35)31-26(34)21-15-16-7-2-5-11-20(16)29-21/h2-12,15,25,29H,13-14H2,1H3,(H,31,34)/t25-/m1/s1. The van der Waals surface area contributed by atoms with Gasteiger partial charge in [-0.05, 0) is 30.3 Å². The van der Waals surface area contributed by atoms with Gasteiger partial charge in [0.15, 0.2) is 0 Å². The topological polar surface area (TPSA) is 80.8 Å². The predicted octanol–water partition coefficient (Wildman–Crippen LogP) is 3.70. The second kappa shape index (κ2) is 8.09. The molecule has 1 aromatic heterocycles. The molecule has 0 unspecified atom stereocenters. The van der Waals surface area contributed by atoms with E-state index >= 15 is 0 Å². The highest BCUT2D eigenvalue weighted by atomic mass is 19.1. The van der Waals surface area contributed by atoms with Crippen LogP contribution in [0.1, 0.15) is 21.6 Å². The van der Waals surface area contributed by atoms with Crippen LogP contribution in [-0.4, -0.2) is 48.8 Å². The highest BCUT2D eigenvalue weighted by Crippen LogP contribution is 2.39. The number of halogens is 1. The Balaban J connectivity index is 1.47. The van der Waals surface area contributed by atoms with Crippen LogP contribution in [0.25, 0.3) is 10.9 Å². The van der Waals surface area contributed by atoms with Crippen LogP contribution in [0.5, 0.6) is 0 Å². The summed E-state index contributed by atoms with van der Waals surface area (Å²) in [6, 6.07) is 21.2. The van der Waals surface area contributed by atoms with Gasteiger partial charge in [0.25, 0.3) is 11.8 Å². The SMILES string of the molecule is CN1CCN2C(=O)[C@@H](NC(=O)c3cc4ccccc4[nH]3)N=C(c3ccccc3F)c3cccc1c32. The molecule has 7 nitrogen and oxygen atoms in total. The molecule has 2 amide bonds. The highest BCUT2D eigenvalue weighted by Gasteiger charge is 2.37. The number of carbonyl (C=O) groups is 2. The van der Waals surface area contributed by atoms with E-state index in [0.717, 1.165) is 16.6 Å². The van der Waals surface area contributed by atoms with E-state index in [1.165, 1.54) is 6.07 Å². The lowest BCUT2D eigenvalue weighted by Gasteiger charge is -2.36. The monoisotopic (exact) mass is 467 g/mol. The number of H-pyrrole nitrogens is 1. The van der Waals surface area contributed by atoms with E-state index in [4.69, 9.17) is 0 Å². The van der Waals surface area contributed by atoms with Crippen LogP contribution in [0.3, 0.4) is 0 Å². The summed E-state index contributed by atoms with van der Waals surface area (Å²) in [7, 11) is 1.96. The summed E-state index contributed by atoms with van der Waals surface area (Å²) in [6.45, 7) is 1.05. The van der Waals surface area contributed by atoms with Crippen molar-refractivity contribution in [1.29, 1.82) is 0 Å². The zero-order valence-corrected chi connectivity index (χ0v) is 19.0. The first-order chi connectivity index (χ1) is 17.0. The van der Waals surface area contributed by atoms with Crippen molar-refractivity contribution in [1.82, 2.24) is 10.3 Å². The average Bonchev–Trinajstić information content (AvgIpc) is 3.27. The summed E-state index contributed by atoms with van der Waals surface area (Å²) in [5, 5.41) is 3.66. The molecule has 3 heterocycles. The Morgan fingerprint density at radius 2 is 1.80 bits per heavy atom. The molecule has 0 saturated heterocycles. The van der Waals surface area contributed by atoms with Gasteiger partial charge in [0.2, 0.25) is 6.17 Å². The number of likely N-dealkylation sites (N-methyl/N-ethyl adjacent to an activating group) is 1. The second-order valence-corrected chi connectivity index (χ2v) is 8.69. The van der Waals surface area contributed by atoms with E-state index in [-0.39, 0.29) is 11.5 Å². The number of rotatable bonds is 3. The normalized spacial score (nSPS) is 17.1. The van der Waals surface area contributed by atoms with Crippen LogP contribution in [0.15, 0.2) is 77.8 Å². The molecule has 35 heavy (non-hydrogen) atoms. The molecule has 6 rings (SSSR count). The number of aliphatic imine (C=N–C) groups is 1. The Morgan fingerprint density at radius 1 is 1.03 bits per heavy atom. The van der Waals surface area contributed by atoms with E-state index in [9.17, 15) is 14.0 Å². The number of aromatic nitrogens is 1. The van der Waals surface area contributed by atoms with Gasteiger partial charge >= 0.3 is 0 Å². The molecule has 0 radical (unpaired) electrons. The molecule has 0 saturated carbocycles. The summed E-state index contributed by atoms with van der Waals surface area (Å²) < 4.78 is 15.0. The fourth-order valence-corrected chi connectivity index (χ4v) is 4.78. The van der Waals surface area contributed by atoms with Crippen molar-refractivity contribution in [3.63, 3.8) is 0 Å². The zero-order valence-electron chi connectivity index (χ0n) is 19.0. The lowest BCUT2D eigenvalue weighted by atomic mass is 9.97. The first kappa shape index (κ1) is 21.1. The third-order valence-corrected chi connectivity index (χ3v) is 6.54. The molecule has 174 valence electrons. The number of hydrogen-bond acceptors (Lipinski definition) is 4. The minimum absolute atomic E-state index is 0.272. The Bertz CT molecular complexity index is 1490. The Kier molecular flexibility index (Phi) is 4.88. The van der Waals surface area contributed by atoms with Gasteiger partial charge in [-0.15, -0.1) is 0 Å². The maximum atomic E-state index is 15.0. The summed E-state index contributed by atoms with van der Waals surface area (Å²) in [4.78, 5) is 38.4. The number of fused-ring (bicyclic) bond motifs is 1. The van der Waals surface area contributed by atoms with Crippen molar-refractivity contribution in [2.24, 2.45) is 4.99 Å². The van der Waals surface area contributed by atoms with Gasteiger partial charge in [-0.3, -0.25) is 9.59 Å². The van der Waals surface area contributed by atoms with Crippen LogP contribution in [0.4, 0.5) is 15.8 Å². The van der Waals surface area contributed by atoms with Crippen molar-refractivity contribution in [3.8, 4) is 0 Å². The van der Waals surface area contributed by atoms with Crippen molar-refractivity contribution in [2.45, 2.75) is 6.17 Å². The minimum Gasteiger partial charge on any atom is -0.371 e. The lowest BCUT2D eigenvalue weighted by Crippen LogP contribution is -2.51. The van der Waals surface area contributed by atoms with Crippen LogP contribution >= 0.6 is 0 Å². The Hall–Kier alpha value is -4.46. The molecule has 0 fully saturated rings. The van der Waals surface area contributed by atoms with Crippen LogP contribution < -0.4 is 15.1 Å². The molecule has 2 N–H and O–H groups in total. The Morgan fingerprint density at radius 3 is 2.63 bits per heavy atom. The van der Waals surface area contributed by atoms with E-state index in [1.54, 1.807) is 29.2 Å². The van der Waals surface area contributed by atoms with Crippen LogP contribution in [0, 0.1) is 5.82 Å². The molecule has 0 bridgehead atoms. The first-order valence-corrected chi connectivity index (χ1v) is 11.4. The number of aromatic amines is 1. The van der Waals surface area contributed by atoms with E-state index in [1.807, 2.05) is 49.5 Å². The van der Waals surface area contributed by atoms with Gasteiger partial charge in [-0.1, -0.05) is 42.5 Å². The van der Waals surface area contributed by atoms with Gasteiger partial charge in [-0.2, -0.15) is 0 Å². The summed E-state index contributed by atoms with van der Waals surface area (Å²) in [5.41, 5.74) is 3.92.